The molecule has 20 heavy (non-hydrogen) atoms. The standard InChI is InChI=1S/C13H16N4O2S/c1-7-3-4-9-10(5-7)20-13(14-9)16-12(18)15-11-6-8(2)19-17-11/h6-7H,3-5H2,1-2H3,(H2,14,15,16,17,18)/t7-/m1/s1. The number of carbonyl (C=O) groups excluding carboxylic acids is 1. The number of aryl methyl sites for hydroxylation is 2. The molecule has 2 aromatic heterocycles. The average Bonchev–Trinajstić information content (AvgIpc) is 2.94. The second kappa shape index (κ2) is 5.24. The number of nitrogens with one attached hydrogen (secondary N) is 2. The number of rotatable bonds is 2. The van der Waals surface area contributed by atoms with E-state index in [1.54, 1.807) is 24.3 Å². The molecule has 106 valence electrons. The predicted octanol–water partition coefficient (Wildman–Crippen LogP) is 3.21. The van der Waals surface area contributed by atoms with E-state index in [2.05, 4.69) is 27.7 Å². The van der Waals surface area contributed by atoms with Crippen LogP contribution in [-0.4, -0.2) is 16.2 Å². The third-order valence-corrected chi connectivity index (χ3v) is 4.31. The van der Waals surface area contributed by atoms with Gasteiger partial charge in [-0.15, -0.1) is 11.3 Å². The van der Waals surface area contributed by atoms with Gasteiger partial charge in [0.15, 0.2) is 10.9 Å². The SMILES string of the molecule is Cc1cc(NC(=O)Nc2nc3c(s2)C[C@H](C)CC3)no1. The first-order valence-corrected chi connectivity index (χ1v) is 7.41. The van der Waals surface area contributed by atoms with Crippen molar-refractivity contribution in [2.24, 2.45) is 5.92 Å². The zero-order chi connectivity index (χ0) is 14.1. The predicted molar refractivity (Wildman–Crippen MR) is 77.2 cm³/mol. The molecule has 3 rings (SSSR count). The molecule has 2 amide bonds. The molecule has 0 saturated heterocycles. The summed E-state index contributed by atoms with van der Waals surface area (Å²) in [5.41, 5.74) is 1.13. The van der Waals surface area contributed by atoms with Gasteiger partial charge in [-0.1, -0.05) is 12.1 Å². The number of aromatic nitrogens is 2. The van der Waals surface area contributed by atoms with E-state index < -0.39 is 0 Å². The highest BCUT2D eigenvalue weighted by atomic mass is 32.1. The molecule has 0 saturated carbocycles. The molecule has 6 nitrogen and oxygen atoms in total. The number of urea groups is 1. The Bertz CT molecular complexity index is 634. The van der Waals surface area contributed by atoms with Gasteiger partial charge in [-0.3, -0.25) is 10.6 Å². The molecule has 0 spiro atoms. The molecular formula is C13H16N4O2S. The molecule has 0 aromatic carbocycles. The normalized spacial score (nSPS) is 17.6. The molecule has 1 aliphatic rings. The summed E-state index contributed by atoms with van der Waals surface area (Å²) in [4.78, 5) is 17.6. The minimum atomic E-state index is -0.350. The Labute approximate surface area is 120 Å². The second-order valence-corrected chi connectivity index (χ2v) is 6.22. The summed E-state index contributed by atoms with van der Waals surface area (Å²) < 4.78 is 4.89. The van der Waals surface area contributed by atoms with Crippen molar-refractivity contribution in [3.8, 4) is 0 Å². The van der Waals surface area contributed by atoms with E-state index in [4.69, 9.17) is 4.52 Å². The monoisotopic (exact) mass is 292 g/mol. The van der Waals surface area contributed by atoms with Crippen molar-refractivity contribution in [1.29, 1.82) is 0 Å². The van der Waals surface area contributed by atoms with E-state index in [-0.39, 0.29) is 6.03 Å². The Hall–Kier alpha value is -1.89. The Balaban J connectivity index is 1.64. The molecular weight excluding hydrogens is 276 g/mol. The summed E-state index contributed by atoms with van der Waals surface area (Å²) in [6.45, 7) is 4.02. The van der Waals surface area contributed by atoms with Crippen LogP contribution in [-0.2, 0) is 12.8 Å². The van der Waals surface area contributed by atoms with Gasteiger partial charge in [0, 0.05) is 10.9 Å². The maximum atomic E-state index is 11.8. The Kier molecular flexibility index (Phi) is 3.43. The number of hydrogen-bond acceptors (Lipinski definition) is 5. The molecule has 0 unspecified atom stereocenters. The molecule has 0 bridgehead atoms. The van der Waals surface area contributed by atoms with Gasteiger partial charge in [-0.25, -0.2) is 9.78 Å². The quantitative estimate of drug-likeness (QED) is 0.890. The molecule has 0 radical (unpaired) electrons. The van der Waals surface area contributed by atoms with Crippen molar-refractivity contribution in [3.63, 3.8) is 0 Å². The van der Waals surface area contributed by atoms with E-state index in [0.717, 1.165) is 18.5 Å². The number of nitrogens with zero attached hydrogens (tertiary/aromatic N) is 2. The first kappa shape index (κ1) is 13.1. The summed E-state index contributed by atoms with van der Waals surface area (Å²) in [6.07, 6.45) is 3.22. The molecule has 0 aliphatic heterocycles. The molecule has 1 atom stereocenters. The minimum Gasteiger partial charge on any atom is -0.360 e. The third-order valence-electron chi connectivity index (χ3n) is 3.28. The Morgan fingerprint density at radius 2 is 2.35 bits per heavy atom. The maximum Gasteiger partial charge on any atom is 0.326 e. The maximum absolute atomic E-state index is 11.8. The van der Waals surface area contributed by atoms with Crippen molar-refractivity contribution in [1.82, 2.24) is 10.1 Å². The number of amides is 2. The summed E-state index contributed by atoms with van der Waals surface area (Å²) in [5, 5.41) is 9.71. The van der Waals surface area contributed by atoms with Crippen molar-refractivity contribution in [2.45, 2.75) is 33.1 Å². The molecule has 7 heteroatoms. The van der Waals surface area contributed by atoms with Crippen LogP contribution in [0.3, 0.4) is 0 Å². The summed E-state index contributed by atoms with van der Waals surface area (Å²) in [6, 6.07) is 1.31. The molecule has 1 aliphatic carbocycles. The van der Waals surface area contributed by atoms with Gasteiger partial charge in [0.25, 0.3) is 0 Å². The van der Waals surface area contributed by atoms with Crippen LogP contribution < -0.4 is 10.6 Å². The third kappa shape index (κ3) is 2.82. The van der Waals surface area contributed by atoms with Gasteiger partial charge < -0.3 is 4.52 Å². The fraction of sp³-hybridized carbons (Fsp3) is 0.462. The lowest BCUT2D eigenvalue weighted by molar-refractivity contribution is 0.262. The topological polar surface area (TPSA) is 80.0 Å². The van der Waals surface area contributed by atoms with Crippen LogP contribution in [0.5, 0.6) is 0 Å². The van der Waals surface area contributed by atoms with Gasteiger partial charge >= 0.3 is 6.03 Å². The van der Waals surface area contributed by atoms with Crippen molar-refractivity contribution >= 4 is 28.3 Å². The zero-order valence-corrected chi connectivity index (χ0v) is 12.2. The lowest BCUT2D eigenvalue weighted by Gasteiger charge is -2.15. The van der Waals surface area contributed by atoms with Gasteiger partial charge in [-0.05, 0) is 32.1 Å². The molecule has 2 N–H and O–H groups in total. The molecule has 2 aromatic rings. The largest absolute Gasteiger partial charge is 0.360 e. The number of anilines is 2. The Morgan fingerprint density at radius 3 is 3.10 bits per heavy atom. The van der Waals surface area contributed by atoms with E-state index in [0.29, 0.717) is 22.6 Å². The molecule has 0 fully saturated rings. The highest BCUT2D eigenvalue weighted by Crippen LogP contribution is 2.32. The molecule has 2 heterocycles. The van der Waals surface area contributed by atoms with Gasteiger partial charge in [-0.2, -0.15) is 0 Å². The van der Waals surface area contributed by atoms with E-state index in [9.17, 15) is 4.79 Å². The van der Waals surface area contributed by atoms with Gasteiger partial charge in [0.2, 0.25) is 0 Å². The first-order chi connectivity index (χ1) is 9.60. The lowest BCUT2D eigenvalue weighted by Crippen LogP contribution is -2.19. The van der Waals surface area contributed by atoms with Crippen LogP contribution in [0.1, 0.15) is 29.7 Å². The van der Waals surface area contributed by atoms with Crippen molar-refractivity contribution in [2.75, 3.05) is 10.6 Å². The van der Waals surface area contributed by atoms with E-state index in [1.165, 1.54) is 11.3 Å². The van der Waals surface area contributed by atoms with Gasteiger partial charge in [0.1, 0.15) is 5.76 Å². The smallest absolute Gasteiger partial charge is 0.326 e. The van der Waals surface area contributed by atoms with Crippen LogP contribution in [0, 0.1) is 12.8 Å². The first-order valence-electron chi connectivity index (χ1n) is 6.60. The highest BCUT2D eigenvalue weighted by molar-refractivity contribution is 7.15. The minimum absolute atomic E-state index is 0.350. The van der Waals surface area contributed by atoms with Crippen LogP contribution in [0.4, 0.5) is 15.7 Å². The second-order valence-electron chi connectivity index (χ2n) is 5.14. The fourth-order valence-electron chi connectivity index (χ4n) is 2.26. The fourth-order valence-corrected chi connectivity index (χ4v) is 3.43. The van der Waals surface area contributed by atoms with Crippen LogP contribution >= 0.6 is 11.3 Å². The van der Waals surface area contributed by atoms with Crippen LogP contribution in [0.25, 0.3) is 0 Å². The Morgan fingerprint density at radius 1 is 1.50 bits per heavy atom. The lowest BCUT2D eigenvalue weighted by atomic mass is 9.93. The van der Waals surface area contributed by atoms with Crippen molar-refractivity contribution < 1.29 is 9.32 Å². The highest BCUT2D eigenvalue weighted by Gasteiger charge is 2.20. The summed E-state index contributed by atoms with van der Waals surface area (Å²) >= 11 is 1.56. The van der Waals surface area contributed by atoms with E-state index >= 15 is 0 Å². The number of hydrogen-bond donors (Lipinski definition) is 2. The van der Waals surface area contributed by atoms with Crippen molar-refractivity contribution in [3.05, 3.63) is 22.4 Å². The average molecular weight is 292 g/mol. The van der Waals surface area contributed by atoms with E-state index in [1.807, 2.05) is 0 Å². The number of fused-ring (bicyclic) bond motifs is 1. The number of carbonyl (C=O) groups is 1. The zero-order valence-electron chi connectivity index (χ0n) is 11.4. The summed E-state index contributed by atoms with van der Waals surface area (Å²) in [5.74, 6) is 1.75. The summed E-state index contributed by atoms with van der Waals surface area (Å²) in [7, 11) is 0. The van der Waals surface area contributed by atoms with Crippen LogP contribution in [0.15, 0.2) is 10.6 Å². The van der Waals surface area contributed by atoms with Crippen LogP contribution in [0.2, 0.25) is 0 Å². The number of thiazole rings is 1. The van der Waals surface area contributed by atoms with Gasteiger partial charge in [0.05, 0.1) is 5.69 Å².